The van der Waals surface area contributed by atoms with Crippen LogP contribution in [0.1, 0.15) is 15.9 Å². The molecule has 0 radical (unpaired) electrons. The first-order chi connectivity index (χ1) is 15.4. The molecule has 166 valence electrons. The first-order valence-electron chi connectivity index (χ1n) is 10.3. The Kier molecular flexibility index (Phi) is 6.43. The van der Waals surface area contributed by atoms with Crippen LogP contribution in [0.25, 0.3) is 0 Å². The topological polar surface area (TPSA) is 87.7 Å². The number of morpholine rings is 1. The molecule has 3 aromatic carbocycles. The normalized spacial score (nSPS) is 14.1. The minimum atomic E-state index is -3.69. The summed E-state index contributed by atoms with van der Waals surface area (Å²) in [7, 11) is -3.69. The Hall–Kier alpha value is -3.36. The van der Waals surface area contributed by atoms with Gasteiger partial charge >= 0.3 is 0 Å². The van der Waals surface area contributed by atoms with Crippen LogP contribution in [-0.4, -0.2) is 40.6 Å². The van der Waals surface area contributed by atoms with Crippen molar-refractivity contribution in [1.82, 2.24) is 0 Å². The third-order valence-corrected chi connectivity index (χ3v) is 6.67. The Bertz CT molecular complexity index is 1190. The molecule has 0 aliphatic carbocycles. The molecule has 1 aliphatic heterocycles. The number of amides is 1. The number of anilines is 3. The summed E-state index contributed by atoms with van der Waals surface area (Å²) >= 11 is 0. The van der Waals surface area contributed by atoms with Gasteiger partial charge in [-0.25, -0.2) is 8.42 Å². The lowest BCUT2D eigenvalue weighted by Crippen LogP contribution is -2.36. The van der Waals surface area contributed by atoms with Crippen molar-refractivity contribution in [2.24, 2.45) is 0 Å². The van der Waals surface area contributed by atoms with Crippen molar-refractivity contribution in [3.63, 3.8) is 0 Å². The highest BCUT2D eigenvalue weighted by molar-refractivity contribution is 7.92. The minimum Gasteiger partial charge on any atom is -0.378 e. The van der Waals surface area contributed by atoms with E-state index in [0.29, 0.717) is 22.5 Å². The number of aryl methyl sites for hydroxylation is 1. The van der Waals surface area contributed by atoms with Crippen LogP contribution in [0.3, 0.4) is 0 Å². The molecule has 0 spiro atoms. The second-order valence-electron chi connectivity index (χ2n) is 7.55. The number of rotatable bonds is 6. The van der Waals surface area contributed by atoms with Gasteiger partial charge in [0.05, 0.1) is 23.8 Å². The fourth-order valence-electron chi connectivity index (χ4n) is 3.50. The van der Waals surface area contributed by atoms with Gasteiger partial charge in [-0.3, -0.25) is 9.52 Å². The van der Waals surface area contributed by atoms with Crippen LogP contribution in [0.2, 0.25) is 0 Å². The van der Waals surface area contributed by atoms with Gasteiger partial charge in [-0.2, -0.15) is 0 Å². The molecule has 2 N–H and O–H groups in total. The van der Waals surface area contributed by atoms with Gasteiger partial charge < -0.3 is 15.0 Å². The number of hydrogen-bond donors (Lipinski definition) is 2. The summed E-state index contributed by atoms with van der Waals surface area (Å²) < 4.78 is 33.1. The molecule has 1 aliphatic rings. The Balaban J connectivity index is 1.43. The van der Waals surface area contributed by atoms with E-state index in [1.165, 1.54) is 12.1 Å². The molecular formula is C24H25N3O4S. The summed E-state index contributed by atoms with van der Waals surface area (Å²) in [4.78, 5) is 15.1. The number of nitrogens with zero attached hydrogens (tertiary/aromatic N) is 1. The summed E-state index contributed by atoms with van der Waals surface area (Å²) in [5.41, 5.74) is 3.32. The van der Waals surface area contributed by atoms with E-state index in [9.17, 15) is 13.2 Å². The number of hydrogen-bond acceptors (Lipinski definition) is 5. The highest BCUT2D eigenvalue weighted by atomic mass is 32.2. The van der Waals surface area contributed by atoms with Crippen molar-refractivity contribution < 1.29 is 17.9 Å². The Labute approximate surface area is 188 Å². The van der Waals surface area contributed by atoms with Crippen LogP contribution >= 0.6 is 0 Å². The van der Waals surface area contributed by atoms with Crippen LogP contribution in [-0.2, 0) is 14.8 Å². The van der Waals surface area contributed by atoms with Crippen LogP contribution in [0.15, 0.2) is 77.7 Å². The molecule has 0 unspecified atom stereocenters. The average molecular weight is 452 g/mol. The molecule has 32 heavy (non-hydrogen) atoms. The first-order valence-corrected chi connectivity index (χ1v) is 11.8. The summed E-state index contributed by atoms with van der Waals surface area (Å²) in [5.74, 6) is -0.260. The van der Waals surface area contributed by atoms with E-state index in [4.69, 9.17) is 4.74 Å². The second-order valence-corrected chi connectivity index (χ2v) is 9.23. The highest BCUT2D eigenvalue weighted by Gasteiger charge is 2.16. The number of benzene rings is 3. The van der Waals surface area contributed by atoms with Gasteiger partial charge in [0.15, 0.2) is 0 Å². The standard InChI is InChI=1S/C24H25N3O4S/c1-18-17-19(7-12-23(18)26-32(29,30)22-5-3-2-4-6-22)24(28)25-20-8-10-21(11-9-20)27-13-15-31-16-14-27/h2-12,17,26H,13-16H2,1H3,(H,25,28). The molecule has 0 aromatic heterocycles. The van der Waals surface area contributed by atoms with Crippen molar-refractivity contribution in [1.29, 1.82) is 0 Å². The van der Waals surface area contributed by atoms with Gasteiger partial charge in [-0.05, 0) is 67.1 Å². The average Bonchev–Trinajstić information content (AvgIpc) is 2.82. The predicted molar refractivity (Wildman–Crippen MR) is 126 cm³/mol. The molecule has 4 rings (SSSR count). The largest absolute Gasteiger partial charge is 0.378 e. The lowest BCUT2D eigenvalue weighted by molar-refractivity contribution is 0.102. The van der Waals surface area contributed by atoms with E-state index < -0.39 is 10.0 Å². The van der Waals surface area contributed by atoms with Crippen LogP contribution in [0.5, 0.6) is 0 Å². The van der Waals surface area contributed by atoms with E-state index in [-0.39, 0.29) is 10.8 Å². The zero-order valence-electron chi connectivity index (χ0n) is 17.7. The molecule has 0 saturated carbocycles. The molecule has 1 saturated heterocycles. The molecule has 1 fully saturated rings. The summed E-state index contributed by atoms with van der Waals surface area (Å²) in [6.07, 6.45) is 0. The fraction of sp³-hybridized carbons (Fsp3) is 0.208. The Morgan fingerprint density at radius 1 is 0.938 bits per heavy atom. The summed E-state index contributed by atoms with van der Waals surface area (Å²) in [6.45, 7) is 4.90. The monoisotopic (exact) mass is 451 g/mol. The van der Waals surface area contributed by atoms with E-state index in [1.54, 1.807) is 43.3 Å². The maximum absolute atomic E-state index is 12.7. The van der Waals surface area contributed by atoms with Gasteiger partial charge in [0.2, 0.25) is 0 Å². The maximum atomic E-state index is 12.7. The smallest absolute Gasteiger partial charge is 0.261 e. The number of nitrogens with one attached hydrogen (secondary N) is 2. The van der Waals surface area contributed by atoms with Gasteiger partial charge in [0, 0.05) is 30.0 Å². The van der Waals surface area contributed by atoms with Crippen molar-refractivity contribution in [2.75, 3.05) is 41.2 Å². The molecular weight excluding hydrogens is 426 g/mol. The lowest BCUT2D eigenvalue weighted by atomic mass is 10.1. The number of carbonyl (C=O) groups is 1. The zero-order chi connectivity index (χ0) is 22.6. The van der Waals surface area contributed by atoms with Gasteiger partial charge in [-0.15, -0.1) is 0 Å². The van der Waals surface area contributed by atoms with Crippen LogP contribution in [0.4, 0.5) is 17.1 Å². The van der Waals surface area contributed by atoms with Gasteiger partial charge in [0.25, 0.3) is 15.9 Å². The molecule has 7 nitrogen and oxygen atoms in total. The predicted octanol–water partition coefficient (Wildman–Crippen LogP) is 3.88. The molecule has 8 heteroatoms. The number of ether oxygens (including phenoxy) is 1. The van der Waals surface area contributed by atoms with E-state index in [1.807, 2.05) is 24.3 Å². The third kappa shape index (κ3) is 5.09. The van der Waals surface area contributed by atoms with E-state index in [0.717, 1.165) is 32.0 Å². The molecule has 0 atom stereocenters. The Morgan fingerprint density at radius 3 is 2.28 bits per heavy atom. The number of carbonyl (C=O) groups excluding carboxylic acids is 1. The van der Waals surface area contributed by atoms with Crippen LogP contribution in [0, 0.1) is 6.92 Å². The minimum absolute atomic E-state index is 0.182. The fourth-order valence-corrected chi connectivity index (χ4v) is 4.65. The van der Waals surface area contributed by atoms with Crippen molar-refractivity contribution in [2.45, 2.75) is 11.8 Å². The second kappa shape index (κ2) is 9.42. The quantitative estimate of drug-likeness (QED) is 0.594. The molecule has 1 heterocycles. The zero-order valence-corrected chi connectivity index (χ0v) is 18.6. The molecule has 1 amide bonds. The summed E-state index contributed by atoms with van der Waals surface area (Å²) in [6, 6.07) is 20.7. The number of sulfonamides is 1. The highest BCUT2D eigenvalue weighted by Crippen LogP contribution is 2.23. The maximum Gasteiger partial charge on any atom is 0.261 e. The van der Waals surface area contributed by atoms with Crippen LogP contribution < -0.4 is 14.9 Å². The van der Waals surface area contributed by atoms with Gasteiger partial charge in [0.1, 0.15) is 0 Å². The van der Waals surface area contributed by atoms with Crippen molar-refractivity contribution in [3.8, 4) is 0 Å². The van der Waals surface area contributed by atoms with E-state index >= 15 is 0 Å². The SMILES string of the molecule is Cc1cc(C(=O)Nc2ccc(N3CCOCC3)cc2)ccc1NS(=O)(=O)c1ccccc1. The third-order valence-electron chi connectivity index (χ3n) is 5.29. The first kappa shape index (κ1) is 21.9. The van der Waals surface area contributed by atoms with Crippen molar-refractivity contribution >= 4 is 33.0 Å². The summed E-state index contributed by atoms with van der Waals surface area (Å²) in [5, 5.41) is 2.89. The lowest BCUT2D eigenvalue weighted by Gasteiger charge is -2.28. The van der Waals surface area contributed by atoms with Gasteiger partial charge in [-0.1, -0.05) is 18.2 Å². The van der Waals surface area contributed by atoms with Crippen molar-refractivity contribution in [3.05, 3.63) is 83.9 Å². The molecule has 3 aromatic rings. The van der Waals surface area contributed by atoms with E-state index in [2.05, 4.69) is 14.9 Å². The Morgan fingerprint density at radius 2 is 1.62 bits per heavy atom. The molecule has 0 bridgehead atoms.